The molecule has 194 valence electrons. The van der Waals surface area contributed by atoms with Gasteiger partial charge < -0.3 is 9.52 Å². The van der Waals surface area contributed by atoms with E-state index in [0.29, 0.717) is 22.2 Å². The largest absolute Gasteiger partial charge is 0.475 e. The summed E-state index contributed by atoms with van der Waals surface area (Å²) in [7, 11) is 0. The third-order valence-electron chi connectivity index (χ3n) is 6.75. The Labute approximate surface area is 227 Å². The van der Waals surface area contributed by atoms with Crippen LogP contribution in [0.1, 0.15) is 44.3 Å². The number of carbonyl (C=O) groups is 1. The van der Waals surface area contributed by atoms with Crippen LogP contribution >= 0.6 is 11.3 Å². The number of aryl methyl sites for hydroxylation is 3. The Bertz CT molecular complexity index is 1630. The molecule has 0 aliphatic heterocycles. The number of hydrogen-bond donors (Lipinski definition) is 2. The maximum absolute atomic E-state index is 12.6. The molecule has 8 heteroatoms. The van der Waals surface area contributed by atoms with Crippen LogP contribution in [0.4, 0.5) is 5.69 Å². The minimum absolute atomic E-state index is 0.132. The predicted molar refractivity (Wildman–Crippen MR) is 154 cm³/mol. The minimum atomic E-state index is -2.32. The van der Waals surface area contributed by atoms with Gasteiger partial charge in [0, 0.05) is 28.3 Å². The van der Waals surface area contributed by atoms with E-state index in [1.807, 2.05) is 19.1 Å². The van der Waals surface area contributed by atoms with E-state index in [1.165, 1.54) is 14.7 Å². The average molecular weight is 546 g/mol. The van der Waals surface area contributed by atoms with Gasteiger partial charge in [0.2, 0.25) is 5.76 Å². The van der Waals surface area contributed by atoms with Crippen LogP contribution in [0.5, 0.6) is 0 Å². The molecule has 3 aromatic carbocycles. The number of carboxylic acid groups (broad SMARTS) is 1. The minimum Gasteiger partial charge on any atom is -0.475 e. The Morgan fingerprint density at radius 1 is 0.947 bits per heavy atom. The molecule has 2 atom stereocenters. The second kappa shape index (κ2) is 10.6. The summed E-state index contributed by atoms with van der Waals surface area (Å²) < 4.78 is 29.9. The van der Waals surface area contributed by atoms with Crippen molar-refractivity contribution in [3.05, 3.63) is 112 Å². The molecule has 0 aliphatic rings. The van der Waals surface area contributed by atoms with Crippen LogP contribution in [0.25, 0.3) is 21.4 Å². The van der Waals surface area contributed by atoms with Crippen molar-refractivity contribution in [1.29, 1.82) is 0 Å². The van der Waals surface area contributed by atoms with Crippen LogP contribution in [-0.2, 0) is 11.3 Å². The molecule has 0 aliphatic carbocycles. The molecule has 0 spiro atoms. The van der Waals surface area contributed by atoms with Crippen molar-refractivity contribution in [2.45, 2.75) is 26.7 Å². The van der Waals surface area contributed by atoms with E-state index in [-0.39, 0.29) is 18.2 Å². The first kappa shape index (κ1) is 25.9. The number of hydrogen-bond acceptors (Lipinski definition) is 4. The number of aromatic carboxylic acids is 1. The Hall–Kier alpha value is -3.72. The number of nitrogens with zero attached hydrogens (tertiary/aromatic N) is 1. The Morgan fingerprint density at radius 3 is 2.18 bits per heavy atom. The van der Waals surface area contributed by atoms with Crippen molar-refractivity contribution < 1.29 is 23.1 Å². The maximum Gasteiger partial charge on any atom is 0.372 e. The first-order valence-electron chi connectivity index (χ1n) is 12.1. The number of anilines is 1. The van der Waals surface area contributed by atoms with Gasteiger partial charge in [0.15, 0.2) is 0 Å². The van der Waals surface area contributed by atoms with Gasteiger partial charge in [-0.1, -0.05) is 54.1 Å². The van der Waals surface area contributed by atoms with E-state index < -0.39 is 17.2 Å². The number of rotatable bonds is 8. The molecule has 5 rings (SSSR count). The molecule has 5 aromatic rings. The molecule has 0 radical (unpaired) electrons. The summed E-state index contributed by atoms with van der Waals surface area (Å²) >= 11 is -0.615. The molecule has 0 saturated carbocycles. The van der Waals surface area contributed by atoms with Crippen LogP contribution in [0.15, 0.2) is 82.6 Å². The smallest absolute Gasteiger partial charge is 0.372 e. The van der Waals surface area contributed by atoms with E-state index >= 15 is 0 Å². The van der Waals surface area contributed by atoms with E-state index in [0.717, 1.165) is 22.3 Å². The molecule has 0 fully saturated rings. The number of benzene rings is 3. The molecule has 0 amide bonds. The second-order valence-corrected chi connectivity index (χ2v) is 11.2. The van der Waals surface area contributed by atoms with E-state index in [9.17, 15) is 18.7 Å². The number of furan rings is 1. The van der Waals surface area contributed by atoms with Crippen molar-refractivity contribution >= 4 is 45.2 Å². The fraction of sp³-hybridized carbons (Fsp3) is 0.167. The van der Waals surface area contributed by atoms with E-state index in [4.69, 9.17) is 4.42 Å². The summed E-state index contributed by atoms with van der Waals surface area (Å²) in [6.07, 6.45) is 0. The number of thiophene rings is 1. The molecule has 38 heavy (non-hydrogen) atoms. The van der Waals surface area contributed by atoms with Crippen LogP contribution in [0.3, 0.4) is 0 Å². The highest BCUT2D eigenvalue weighted by Gasteiger charge is 2.24. The van der Waals surface area contributed by atoms with Crippen LogP contribution in [0.2, 0.25) is 0 Å². The van der Waals surface area contributed by atoms with Crippen LogP contribution in [-0.4, -0.2) is 26.4 Å². The van der Waals surface area contributed by atoms with Crippen molar-refractivity contribution in [3.63, 3.8) is 0 Å². The Balaban J connectivity index is 1.54. The number of carboxylic acids is 1. The van der Waals surface area contributed by atoms with Gasteiger partial charge in [-0.25, -0.2) is 9.00 Å². The van der Waals surface area contributed by atoms with Crippen molar-refractivity contribution in [1.82, 2.24) is 0 Å². The second-order valence-electron chi connectivity index (χ2n) is 9.41. The summed E-state index contributed by atoms with van der Waals surface area (Å²) in [6.45, 7) is 6.01. The lowest BCUT2D eigenvalue weighted by molar-refractivity contribution is 0.0664. The van der Waals surface area contributed by atoms with E-state index in [1.54, 1.807) is 36.5 Å². The standard InChI is InChI=1S/C30H27NO5S2/c1-18-4-6-21(7-5-18)26(22-8-10-23(11-9-22)28-14-19(2)17-37-28)16-31(38(34)35)24-12-13-27-25(15-24)20(3)29(36-27)30(32)33/h4-15,17,26H,16H2,1-3H3,(H,32,33)(H,34,35). The van der Waals surface area contributed by atoms with Gasteiger partial charge in [0.25, 0.3) is 11.3 Å². The lowest BCUT2D eigenvalue weighted by atomic mass is 9.90. The highest BCUT2D eigenvalue weighted by molar-refractivity contribution is 7.80. The highest BCUT2D eigenvalue weighted by Crippen LogP contribution is 2.34. The van der Waals surface area contributed by atoms with Crippen LogP contribution < -0.4 is 4.31 Å². The van der Waals surface area contributed by atoms with Crippen molar-refractivity contribution in [3.8, 4) is 10.4 Å². The zero-order valence-corrected chi connectivity index (χ0v) is 22.8. The zero-order chi connectivity index (χ0) is 27.0. The average Bonchev–Trinajstić information content (AvgIpc) is 3.48. The molecule has 2 aromatic heterocycles. The van der Waals surface area contributed by atoms with Crippen LogP contribution in [0, 0.1) is 20.8 Å². The number of fused-ring (bicyclic) bond motifs is 1. The SMILES string of the molecule is Cc1ccc(C(CN(c2ccc3oc(C(=O)O)c(C)c3c2)S(=O)O)c2ccc(-c3cc(C)cs3)cc2)cc1. The molecule has 2 unspecified atom stereocenters. The molecule has 0 saturated heterocycles. The zero-order valence-electron chi connectivity index (χ0n) is 21.2. The van der Waals surface area contributed by atoms with Crippen molar-refractivity contribution in [2.24, 2.45) is 0 Å². The third-order valence-corrected chi connectivity index (χ3v) is 8.58. The van der Waals surface area contributed by atoms with Gasteiger partial charge in [-0.3, -0.25) is 8.86 Å². The summed E-state index contributed by atoms with van der Waals surface area (Å²) in [5, 5.41) is 12.2. The Morgan fingerprint density at radius 2 is 1.61 bits per heavy atom. The molecular weight excluding hydrogens is 518 g/mol. The summed E-state index contributed by atoms with van der Waals surface area (Å²) in [6, 6.07) is 23.7. The van der Waals surface area contributed by atoms with Gasteiger partial charge in [0.1, 0.15) is 5.58 Å². The summed E-state index contributed by atoms with van der Waals surface area (Å²) in [4.78, 5) is 12.7. The van der Waals surface area contributed by atoms with Gasteiger partial charge in [-0.05, 0) is 72.7 Å². The summed E-state index contributed by atoms with van der Waals surface area (Å²) in [5.74, 6) is -1.47. The third kappa shape index (κ3) is 5.15. The van der Waals surface area contributed by atoms with Gasteiger partial charge in [-0.2, -0.15) is 0 Å². The van der Waals surface area contributed by atoms with E-state index in [2.05, 4.69) is 54.8 Å². The van der Waals surface area contributed by atoms with Gasteiger partial charge in [0.05, 0.1) is 5.69 Å². The molecule has 2 N–H and O–H groups in total. The maximum atomic E-state index is 12.6. The molecular formula is C30H27NO5S2. The first-order chi connectivity index (χ1) is 18.2. The fourth-order valence-corrected chi connectivity index (χ4v) is 6.14. The van der Waals surface area contributed by atoms with Gasteiger partial charge >= 0.3 is 5.97 Å². The molecule has 0 bridgehead atoms. The molecule has 6 nitrogen and oxygen atoms in total. The van der Waals surface area contributed by atoms with Crippen molar-refractivity contribution in [2.75, 3.05) is 10.8 Å². The normalized spacial score (nSPS) is 12.9. The highest BCUT2D eigenvalue weighted by atomic mass is 32.2. The monoisotopic (exact) mass is 545 g/mol. The fourth-order valence-electron chi connectivity index (χ4n) is 4.66. The molecule has 2 heterocycles. The topological polar surface area (TPSA) is 91.0 Å². The summed E-state index contributed by atoms with van der Waals surface area (Å²) in [5.41, 5.74) is 6.94. The predicted octanol–water partition coefficient (Wildman–Crippen LogP) is 7.56. The Kier molecular flexibility index (Phi) is 7.21. The van der Waals surface area contributed by atoms with Gasteiger partial charge in [-0.15, -0.1) is 11.3 Å². The lowest BCUT2D eigenvalue weighted by Gasteiger charge is -2.27. The lowest BCUT2D eigenvalue weighted by Crippen LogP contribution is -2.30. The first-order valence-corrected chi connectivity index (χ1v) is 14.0. The quantitative estimate of drug-likeness (QED) is 0.196.